The highest BCUT2D eigenvalue weighted by Crippen LogP contribution is 2.35. The van der Waals surface area contributed by atoms with E-state index >= 15 is 0 Å². The van der Waals surface area contributed by atoms with Crippen LogP contribution in [0.1, 0.15) is 0 Å². The third-order valence-electron chi connectivity index (χ3n) is 5.16. The molecule has 7 nitrogen and oxygen atoms in total. The number of benzene rings is 3. The van der Waals surface area contributed by atoms with E-state index in [0.717, 1.165) is 22.6 Å². The Hall–Kier alpha value is -3.98. The molecule has 172 valence electrons. The number of hydrogen-bond donors (Lipinski definition) is 2. The van der Waals surface area contributed by atoms with E-state index in [4.69, 9.17) is 19.2 Å². The van der Waals surface area contributed by atoms with Crippen molar-refractivity contribution in [3.8, 4) is 39.9 Å². The minimum Gasteiger partial charge on any atom is -0.497 e. The first-order valence-corrected chi connectivity index (χ1v) is 11.4. The van der Waals surface area contributed by atoms with E-state index in [9.17, 15) is 9.18 Å². The van der Waals surface area contributed by atoms with Gasteiger partial charge in [0.2, 0.25) is 12.7 Å². The number of aromatic amines is 1. The van der Waals surface area contributed by atoms with Crippen LogP contribution >= 0.6 is 11.8 Å². The molecule has 34 heavy (non-hydrogen) atoms. The van der Waals surface area contributed by atoms with Crippen LogP contribution in [0.5, 0.6) is 17.2 Å². The molecule has 0 radical (unpaired) electrons. The van der Waals surface area contributed by atoms with E-state index in [1.54, 1.807) is 37.4 Å². The first-order valence-electron chi connectivity index (χ1n) is 10.4. The summed E-state index contributed by atoms with van der Waals surface area (Å²) < 4.78 is 29.3. The average Bonchev–Trinajstić information content (AvgIpc) is 3.50. The van der Waals surface area contributed by atoms with E-state index in [0.29, 0.717) is 28.0 Å². The van der Waals surface area contributed by atoms with Crippen LogP contribution in [0.2, 0.25) is 0 Å². The summed E-state index contributed by atoms with van der Waals surface area (Å²) in [5, 5.41) is 3.53. The van der Waals surface area contributed by atoms with Crippen LogP contribution in [0.25, 0.3) is 22.6 Å². The normalized spacial score (nSPS) is 11.9. The lowest BCUT2D eigenvalue weighted by Crippen LogP contribution is -2.14. The molecule has 0 atom stereocenters. The van der Waals surface area contributed by atoms with Gasteiger partial charge >= 0.3 is 0 Å². The van der Waals surface area contributed by atoms with Crippen LogP contribution in [-0.2, 0) is 4.79 Å². The second kappa shape index (κ2) is 9.48. The van der Waals surface area contributed by atoms with Crippen LogP contribution in [0.3, 0.4) is 0 Å². The first-order chi connectivity index (χ1) is 16.6. The van der Waals surface area contributed by atoms with E-state index < -0.39 is 0 Å². The summed E-state index contributed by atoms with van der Waals surface area (Å²) in [4.78, 5) is 20.6. The molecule has 1 aliphatic heterocycles. The maximum absolute atomic E-state index is 13.4. The van der Waals surface area contributed by atoms with Gasteiger partial charge in [-0.2, -0.15) is 0 Å². The van der Waals surface area contributed by atoms with Crippen LogP contribution in [0, 0.1) is 5.82 Å². The third-order valence-corrected chi connectivity index (χ3v) is 6.14. The number of carbonyl (C=O) groups is 1. The Morgan fingerprint density at radius 3 is 2.56 bits per heavy atom. The number of methoxy groups -OCH3 is 1. The molecule has 1 aliphatic rings. The van der Waals surface area contributed by atoms with Gasteiger partial charge < -0.3 is 24.5 Å². The fourth-order valence-electron chi connectivity index (χ4n) is 3.46. The number of rotatable bonds is 7. The third kappa shape index (κ3) is 4.69. The number of amides is 1. The summed E-state index contributed by atoms with van der Waals surface area (Å²) in [6, 6.07) is 18.9. The Kier molecular flexibility index (Phi) is 6.09. The Morgan fingerprint density at radius 2 is 1.79 bits per heavy atom. The van der Waals surface area contributed by atoms with Gasteiger partial charge in [-0.05, 0) is 60.7 Å². The standard InChI is InChI=1S/C25H20FN3O4S/c1-31-19-9-4-15(5-10-19)23-25(29-24(28-23)16-2-6-17(26)7-3-16)34-13-22(30)27-18-8-11-20-21(12-18)33-14-32-20/h2-12H,13-14H2,1H3,(H,27,30)(H,28,29). The van der Waals surface area contributed by atoms with E-state index in [1.807, 2.05) is 24.3 Å². The summed E-state index contributed by atoms with van der Waals surface area (Å²) in [6.45, 7) is 0.173. The molecule has 0 spiro atoms. The number of anilines is 1. The average molecular weight is 478 g/mol. The Morgan fingerprint density at radius 1 is 1.06 bits per heavy atom. The summed E-state index contributed by atoms with van der Waals surface area (Å²) >= 11 is 1.31. The maximum atomic E-state index is 13.4. The zero-order valence-corrected chi connectivity index (χ0v) is 18.9. The number of ether oxygens (including phenoxy) is 3. The minimum atomic E-state index is -0.319. The number of thioether (sulfide) groups is 1. The number of carbonyl (C=O) groups excluding carboxylic acids is 1. The highest BCUT2D eigenvalue weighted by Gasteiger charge is 2.17. The second-order valence-corrected chi connectivity index (χ2v) is 8.37. The van der Waals surface area contributed by atoms with Gasteiger partial charge in [0.1, 0.15) is 22.4 Å². The SMILES string of the molecule is COc1ccc(-c2[nH]c(-c3ccc(F)cc3)nc2SCC(=O)Nc2ccc3c(c2)OCO3)cc1. The zero-order chi connectivity index (χ0) is 23.5. The van der Waals surface area contributed by atoms with Crippen molar-refractivity contribution in [1.82, 2.24) is 9.97 Å². The van der Waals surface area contributed by atoms with Gasteiger partial charge in [-0.15, -0.1) is 0 Å². The van der Waals surface area contributed by atoms with Crippen LogP contribution < -0.4 is 19.5 Å². The van der Waals surface area contributed by atoms with Crippen molar-refractivity contribution >= 4 is 23.4 Å². The molecule has 2 N–H and O–H groups in total. The molecule has 4 aromatic rings. The molecule has 0 aliphatic carbocycles. The lowest BCUT2D eigenvalue weighted by atomic mass is 10.1. The van der Waals surface area contributed by atoms with Gasteiger partial charge in [0.15, 0.2) is 11.5 Å². The summed E-state index contributed by atoms with van der Waals surface area (Å²) in [7, 11) is 1.61. The highest BCUT2D eigenvalue weighted by atomic mass is 32.2. The topological polar surface area (TPSA) is 85.5 Å². The van der Waals surface area contributed by atoms with Gasteiger partial charge in [-0.1, -0.05) is 11.8 Å². The second-order valence-electron chi connectivity index (χ2n) is 7.41. The van der Waals surface area contributed by atoms with Gasteiger partial charge in [0, 0.05) is 22.9 Å². The molecule has 9 heteroatoms. The van der Waals surface area contributed by atoms with E-state index in [-0.39, 0.29) is 24.3 Å². The maximum Gasteiger partial charge on any atom is 0.234 e. The molecule has 0 saturated heterocycles. The van der Waals surface area contributed by atoms with Crippen molar-refractivity contribution in [2.24, 2.45) is 0 Å². The molecule has 0 saturated carbocycles. The molecule has 0 bridgehead atoms. The molecule has 2 heterocycles. The largest absolute Gasteiger partial charge is 0.497 e. The number of H-pyrrole nitrogens is 1. The van der Waals surface area contributed by atoms with Crippen LogP contribution in [-0.4, -0.2) is 35.5 Å². The highest BCUT2D eigenvalue weighted by molar-refractivity contribution is 8.00. The minimum absolute atomic E-state index is 0.144. The predicted octanol–water partition coefficient (Wildman–Crippen LogP) is 5.35. The van der Waals surface area contributed by atoms with E-state index in [1.165, 1.54) is 23.9 Å². The summed E-state index contributed by atoms with van der Waals surface area (Å²) in [5.41, 5.74) is 3.02. The fraction of sp³-hybridized carbons (Fsp3) is 0.120. The van der Waals surface area contributed by atoms with Crippen molar-refractivity contribution < 1.29 is 23.4 Å². The number of nitrogens with zero attached hydrogens (tertiary/aromatic N) is 1. The lowest BCUT2D eigenvalue weighted by Gasteiger charge is -2.07. The number of nitrogens with one attached hydrogen (secondary N) is 2. The van der Waals surface area contributed by atoms with Gasteiger partial charge in [-0.3, -0.25) is 4.79 Å². The first kappa shape index (κ1) is 21.8. The fourth-order valence-corrected chi connectivity index (χ4v) is 4.27. The zero-order valence-electron chi connectivity index (χ0n) is 18.1. The Bertz CT molecular complexity index is 1320. The number of imidazole rings is 1. The van der Waals surface area contributed by atoms with Crippen LogP contribution in [0.4, 0.5) is 10.1 Å². The molecular weight excluding hydrogens is 457 g/mol. The molecule has 3 aromatic carbocycles. The van der Waals surface area contributed by atoms with Crippen LogP contribution in [0.15, 0.2) is 71.8 Å². The smallest absolute Gasteiger partial charge is 0.234 e. The quantitative estimate of drug-likeness (QED) is 0.349. The van der Waals surface area contributed by atoms with Crippen molar-refractivity contribution in [2.45, 2.75) is 5.03 Å². The molecule has 5 rings (SSSR count). The van der Waals surface area contributed by atoms with Crippen molar-refractivity contribution in [3.05, 3.63) is 72.5 Å². The molecule has 0 fully saturated rings. The number of hydrogen-bond acceptors (Lipinski definition) is 6. The number of fused-ring (bicyclic) bond motifs is 1. The lowest BCUT2D eigenvalue weighted by molar-refractivity contribution is -0.113. The van der Waals surface area contributed by atoms with E-state index in [2.05, 4.69) is 10.3 Å². The van der Waals surface area contributed by atoms with Gasteiger partial charge in [-0.25, -0.2) is 9.37 Å². The summed E-state index contributed by atoms with van der Waals surface area (Å²) in [5.74, 6) is 2.22. The predicted molar refractivity (Wildman–Crippen MR) is 128 cm³/mol. The van der Waals surface area contributed by atoms with Crippen molar-refractivity contribution in [2.75, 3.05) is 25.0 Å². The Labute approximate surface area is 199 Å². The number of aromatic nitrogens is 2. The number of halogens is 1. The van der Waals surface area contributed by atoms with Gasteiger partial charge in [0.25, 0.3) is 0 Å². The monoisotopic (exact) mass is 477 g/mol. The molecular formula is C25H20FN3O4S. The molecule has 1 amide bonds. The molecule has 1 aromatic heterocycles. The molecule has 0 unspecified atom stereocenters. The summed E-state index contributed by atoms with van der Waals surface area (Å²) in [6.07, 6.45) is 0. The van der Waals surface area contributed by atoms with Crippen molar-refractivity contribution in [1.29, 1.82) is 0 Å². The Balaban J connectivity index is 1.36. The van der Waals surface area contributed by atoms with Gasteiger partial charge in [0.05, 0.1) is 18.6 Å². The van der Waals surface area contributed by atoms with Crippen molar-refractivity contribution in [3.63, 3.8) is 0 Å².